The molecule has 1 aliphatic heterocycles. The van der Waals surface area contributed by atoms with Crippen LogP contribution in [0.3, 0.4) is 0 Å². The van der Waals surface area contributed by atoms with Gasteiger partial charge in [0.15, 0.2) is 0 Å². The average molecular weight is 385 g/mol. The molecule has 27 heavy (non-hydrogen) atoms. The van der Waals surface area contributed by atoms with Crippen LogP contribution in [0.2, 0.25) is 5.02 Å². The minimum atomic E-state index is -0.221. The summed E-state index contributed by atoms with van der Waals surface area (Å²) in [4.78, 5) is 17.5. The highest BCUT2D eigenvalue weighted by Crippen LogP contribution is 2.86. The lowest BCUT2D eigenvalue weighted by atomic mass is 10.0. The van der Waals surface area contributed by atoms with Crippen molar-refractivity contribution in [3.8, 4) is 0 Å². The van der Waals surface area contributed by atoms with Crippen LogP contribution in [0, 0.1) is 18.2 Å². The highest BCUT2D eigenvalue weighted by atomic mass is 35.5. The Hall–Kier alpha value is -2.07. The second kappa shape index (κ2) is 5.71. The third-order valence-corrected chi connectivity index (χ3v) is 6.99. The van der Waals surface area contributed by atoms with E-state index in [1.165, 1.54) is 17.7 Å². The van der Waals surface area contributed by atoms with Gasteiger partial charge in [-0.15, -0.1) is 0 Å². The minimum absolute atomic E-state index is 0.0154. The quantitative estimate of drug-likeness (QED) is 0.793. The van der Waals surface area contributed by atoms with Gasteiger partial charge in [-0.1, -0.05) is 29.8 Å². The van der Waals surface area contributed by atoms with E-state index in [4.69, 9.17) is 11.6 Å². The molecule has 1 saturated heterocycles. The van der Waals surface area contributed by atoms with E-state index in [-0.39, 0.29) is 22.6 Å². The van der Waals surface area contributed by atoms with Gasteiger partial charge in [-0.3, -0.25) is 4.79 Å². The zero-order valence-electron chi connectivity index (χ0n) is 15.3. The summed E-state index contributed by atoms with van der Waals surface area (Å²) in [6.07, 6.45) is 1.83. The molecule has 3 fully saturated rings. The second-order valence-corrected chi connectivity index (χ2v) is 8.67. The number of piperazine rings is 1. The van der Waals surface area contributed by atoms with E-state index in [2.05, 4.69) is 11.8 Å². The number of rotatable bonds is 3. The molecule has 0 unspecified atom stereocenters. The molecule has 0 aromatic heterocycles. The van der Waals surface area contributed by atoms with Crippen molar-refractivity contribution in [3.05, 3.63) is 64.4 Å². The molecule has 0 atom stereocenters. The number of amides is 1. The topological polar surface area (TPSA) is 23.6 Å². The highest BCUT2D eigenvalue weighted by molar-refractivity contribution is 6.30. The summed E-state index contributed by atoms with van der Waals surface area (Å²) < 4.78 is 13.2. The number of hydrogen-bond acceptors (Lipinski definition) is 2. The molecule has 3 nitrogen and oxygen atoms in total. The lowest BCUT2D eigenvalue weighted by molar-refractivity contribution is -0.135. The summed E-state index contributed by atoms with van der Waals surface area (Å²) in [5.41, 5.74) is 3.26. The molecule has 0 bridgehead atoms. The van der Waals surface area contributed by atoms with Crippen LogP contribution in [0.1, 0.15) is 24.0 Å². The van der Waals surface area contributed by atoms with Gasteiger partial charge in [-0.25, -0.2) is 4.39 Å². The number of halogens is 2. The van der Waals surface area contributed by atoms with Crippen molar-refractivity contribution < 1.29 is 9.18 Å². The largest absolute Gasteiger partial charge is 0.368 e. The third kappa shape index (κ3) is 2.49. The van der Waals surface area contributed by atoms with E-state index in [9.17, 15) is 9.18 Å². The molecule has 2 aromatic carbocycles. The predicted octanol–water partition coefficient (Wildman–Crippen LogP) is 4.17. The van der Waals surface area contributed by atoms with Crippen LogP contribution in [-0.2, 0) is 10.2 Å². The Labute approximate surface area is 163 Å². The summed E-state index contributed by atoms with van der Waals surface area (Å²) in [5.74, 6) is 0.0649. The van der Waals surface area contributed by atoms with Crippen LogP contribution in [0.25, 0.3) is 0 Å². The first-order valence-electron chi connectivity index (χ1n) is 9.52. The Morgan fingerprint density at radius 1 is 1.04 bits per heavy atom. The molecular formula is C22H22ClFN2O. The number of carbonyl (C=O) groups excluding carboxylic acids is 1. The number of anilines is 1. The first kappa shape index (κ1) is 17.1. The van der Waals surface area contributed by atoms with E-state index in [0.717, 1.165) is 55.3 Å². The number of aryl methyl sites for hydroxylation is 1. The van der Waals surface area contributed by atoms with E-state index >= 15 is 0 Å². The van der Waals surface area contributed by atoms with Crippen LogP contribution < -0.4 is 4.90 Å². The van der Waals surface area contributed by atoms with Crippen molar-refractivity contribution in [3.63, 3.8) is 0 Å². The molecule has 0 N–H and O–H groups in total. The van der Waals surface area contributed by atoms with E-state index in [0.29, 0.717) is 0 Å². The molecular weight excluding hydrogens is 363 g/mol. The van der Waals surface area contributed by atoms with E-state index in [1.807, 2.05) is 35.2 Å². The highest BCUT2D eigenvalue weighted by Gasteiger charge is 2.87. The Balaban J connectivity index is 1.25. The van der Waals surface area contributed by atoms with Crippen molar-refractivity contribution in [1.29, 1.82) is 0 Å². The molecule has 3 aliphatic rings. The molecule has 0 radical (unpaired) electrons. The molecule has 2 saturated carbocycles. The van der Waals surface area contributed by atoms with E-state index in [1.54, 1.807) is 0 Å². The Morgan fingerprint density at radius 2 is 1.70 bits per heavy atom. The lowest BCUT2D eigenvalue weighted by Gasteiger charge is -2.37. The SMILES string of the molecule is Cc1ccc(Cl)cc1N1CCN(C(=O)C23CC2(c2ccc(F)cc2)C3)CC1. The maximum Gasteiger partial charge on any atom is 0.229 e. The molecule has 1 heterocycles. The molecule has 1 amide bonds. The summed E-state index contributed by atoms with van der Waals surface area (Å²) in [5, 5.41) is 0.744. The first-order chi connectivity index (χ1) is 12.9. The van der Waals surface area contributed by atoms with Crippen LogP contribution in [-0.4, -0.2) is 37.0 Å². The molecule has 5 rings (SSSR count). The zero-order valence-corrected chi connectivity index (χ0v) is 16.1. The summed E-state index contributed by atoms with van der Waals surface area (Å²) in [6, 6.07) is 12.7. The number of nitrogens with zero attached hydrogens (tertiary/aromatic N) is 2. The van der Waals surface area contributed by atoms with Gasteiger partial charge in [-0.2, -0.15) is 0 Å². The zero-order chi connectivity index (χ0) is 18.8. The Kier molecular flexibility index (Phi) is 3.61. The van der Waals surface area contributed by atoms with Crippen molar-refractivity contribution in [2.24, 2.45) is 5.41 Å². The van der Waals surface area contributed by atoms with Crippen molar-refractivity contribution in [2.45, 2.75) is 25.2 Å². The van der Waals surface area contributed by atoms with Gasteiger partial charge < -0.3 is 9.80 Å². The van der Waals surface area contributed by atoms with Crippen molar-refractivity contribution in [1.82, 2.24) is 4.90 Å². The normalized spacial score (nSPS) is 28.7. The molecule has 2 aliphatic carbocycles. The smallest absolute Gasteiger partial charge is 0.229 e. The van der Waals surface area contributed by atoms with Gasteiger partial charge in [0.05, 0.1) is 5.41 Å². The average Bonchev–Trinajstić information content (AvgIpc) is 3.52. The fourth-order valence-electron chi connectivity index (χ4n) is 4.87. The van der Waals surface area contributed by atoms with Crippen LogP contribution in [0.4, 0.5) is 10.1 Å². The van der Waals surface area contributed by atoms with Gasteiger partial charge >= 0.3 is 0 Å². The summed E-state index contributed by atoms with van der Waals surface area (Å²) >= 11 is 6.16. The Bertz CT molecular complexity index is 912. The van der Waals surface area contributed by atoms with Crippen LogP contribution >= 0.6 is 11.6 Å². The van der Waals surface area contributed by atoms with E-state index < -0.39 is 0 Å². The number of fused-ring (bicyclic) bond motifs is 1. The fraction of sp³-hybridized carbons (Fsp3) is 0.409. The molecule has 0 spiro atoms. The molecule has 2 aromatic rings. The van der Waals surface area contributed by atoms with Crippen molar-refractivity contribution in [2.75, 3.05) is 31.1 Å². The minimum Gasteiger partial charge on any atom is -0.368 e. The number of carbonyl (C=O) groups is 1. The summed E-state index contributed by atoms with van der Waals surface area (Å²) in [7, 11) is 0. The standard InChI is InChI=1S/C22H22ClFN2O/c1-15-2-5-17(23)12-19(15)25-8-10-26(11-9-25)20(27)22-13-21(22,14-22)16-3-6-18(24)7-4-16/h2-7,12H,8-11,13-14H2,1H3. The maximum absolute atomic E-state index is 13.2. The van der Waals surface area contributed by atoms with Crippen LogP contribution in [0.15, 0.2) is 42.5 Å². The van der Waals surface area contributed by atoms with Crippen LogP contribution in [0.5, 0.6) is 0 Å². The van der Waals surface area contributed by atoms with Gasteiger partial charge in [0, 0.05) is 42.3 Å². The van der Waals surface area contributed by atoms with Crippen molar-refractivity contribution >= 4 is 23.2 Å². The van der Waals surface area contributed by atoms with Gasteiger partial charge in [0.1, 0.15) is 5.82 Å². The second-order valence-electron chi connectivity index (χ2n) is 8.23. The monoisotopic (exact) mass is 384 g/mol. The Morgan fingerprint density at radius 3 is 2.37 bits per heavy atom. The summed E-state index contributed by atoms with van der Waals surface area (Å²) in [6.45, 7) is 5.23. The molecule has 5 heteroatoms. The molecule has 140 valence electrons. The first-order valence-corrected chi connectivity index (χ1v) is 9.90. The number of benzene rings is 2. The maximum atomic E-state index is 13.2. The predicted molar refractivity (Wildman–Crippen MR) is 105 cm³/mol. The lowest BCUT2D eigenvalue weighted by Crippen LogP contribution is -2.50. The van der Waals surface area contributed by atoms with Gasteiger partial charge in [0.25, 0.3) is 0 Å². The third-order valence-electron chi connectivity index (χ3n) is 6.76. The number of hydrogen-bond donors (Lipinski definition) is 0. The fourth-order valence-corrected chi connectivity index (χ4v) is 5.04. The van der Waals surface area contributed by atoms with Gasteiger partial charge in [0.2, 0.25) is 5.91 Å². The van der Waals surface area contributed by atoms with Gasteiger partial charge in [-0.05, 0) is 55.2 Å².